The van der Waals surface area contributed by atoms with Crippen LogP contribution in [0, 0.1) is 0 Å². The molecule has 154 valence electrons. The van der Waals surface area contributed by atoms with E-state index in [-0.39, 0.29) is 23.6 Å². The first-order valence-electron chi connectivity index (χ1n) is 10.6. The number of esters is 1. The summed E-state index contributed by atoms with van der Waals surface area (Å²) in [6.45, 7) is 3.55. The van der Waals surface area contributed by atoms with Crippen LogP contribution in [-0.2, 0) is 14.3 Å². The summed E-state index contributed by atoms with van der Waals surface area (Å²) in [7, 11) is 0. The Morgan fingerprint density at radius 3 is 2.97 bits per heavy atom. The van der Waals surface area contributed by atoms with Gasteiger partial charge in [0.25, 0.3) is 5.91 Å². The first-order valence-corrected chi connectivity index (χ1v) is 10.6. The fourth-order valence-electron chi connectivity index (χ4n) is 4.53. The van der Waals surface area contributed by atoms with E-state index in [1.165, 1.54) is 0 Å². The number of pyridine rings is 1. The largest absolute Gasteiger partial charge is 0.466 e. The third-order valence-electron chi connectivity index (χ3n) is 5.96. The number of nitrogens with zero attached hydrogens (tertiary/aromatic N) is 2. The maximum atomic E-state index is 13.1. The number of piperidine rings is 1. The number of hydrogen-bond donors (Lipinski definition) is 0. The molecule has 4 rings (SSSR count). The summed E-state index contributed by atoms with van der Waals surface area (Å²) < 4.78 is 11.4. The molecule has 2 saturated heterocycles. The standard InChI is InChI=1S/C23H28N2O4/c1-2-28-21(26)11-9-18-12-14-23(29-18)13-5-15-25(16-23)22(27)20-10-8-17-6-3-4-7-19(17)24-20/h3-4,6-8,10,18H,2,5,9,11-16H2,1H3/t18-,23+/m1/s1. The SMILES string of the molecule is CCOC(=O)CC[C@@H]1CC[C@]2(CCCN(C(=O)c3ccc4ccccc4n3)C2)O1. The van der Waals surface area contributed by atoms with Gasteiger partial charge in [-0.2, -0.15) is 0 Å². The summed E-state index contributed by atoms with van der Waals surface area (Å²) in [6, 6.07) is 11.6. The molecule has 2 aliphatic heterocycles. The molecule has 6 heteroatoms. The number of carbonyl (C=O) groups excluding carboxylic acids is 2. The van der Waals surface area contributed by atoms with Gasteiger partial charge in [-0.3, -0.25) is 9.59 Å². The second-order valence-corrected chi connectivity index (χ2v) is 8.02. The van der Waals surface area contributed by atoms with Gasteiger partial charge >= 0.3 is 5.97 Å². The Bertz CT molecular complexity index is 899. The van der Waals surface area contributed by atoms with Crippen LogP contribution >= 0.6 is 0 Å². The molecule has 0 radical (unpaired) electrons. The molecule has 0 N–H and O–H groups in total. The van der Waals surface area contributed by atoms with E-state index in [4.69, 9.17) is 9.47 Å². The molecule has 29 heavy (non-hydrogen) atoms. The van der Waals surface area contributed by atoms with Crippen LogP contribution in [0.4, 0.5) is 0 Å². The summed E-state index contributed by atoms with van der Waals surface area (Å²) in [6.07, 6.45) is 4.86. The van der Waals surface area contributed by atoms with E-state index < -0.39 is 0 Å². The monoisotopic (exact) mass is 396 g/mol. The van der Waals surface area contributed by atoms with Gasteiger partial charge < -0.3 is 14.4 Å². The van der Waals surface area contributed by atoms with Gasteiger partial charge in [0.1, 0.15) is 5.69 Å². The van der Waals surface area contributed by atoms with Crippen LogP contribution in [0.3, 0.4) is 0 Å². The highest BCUT2D eigenvalue weighted by Crippen LogP contribution is 2.39. The Morgan fingerprint density at radius 2 is 2.10 bits per heavy atom. The predicted octanol–water partition coefficient (Wildman–Crippen LogP) is 3.73. The summed E-state index contributed by atoms with van der Waals surface area (Å²) in [4.78, 5) is 31.2. The minimum atomic E-state index is -0.288. The maximum absolute atomic E-state index is 13.1. The van der Waals surface area contributed by atoms with E-state index in [0.717, 1.165) is 43.1 Å². The average Bonchev–Trinajstić information content (AvgIpc) is 3.13. The van der Waals surface area contributed by atoms with Gasteiger partial charge in [0.2, 0.25) is 0 Å². The third-order valence-corrected chi connectivity index (χ3v) is 5.96. The fourth-order valence-corrected chi connectivity index (χ4v) is 4.53. The van der Waals surface area contributed by atoms with Crippen molar-refractivity contribution in [3.05, 3.63) is 42.1 Å². The van der Waals surface area contributed by atoms with Crippen molar-refractivity contribution < 1.29 is 19.1 Å². The molecular formula is C23H28N2O4. The van der Waals surface area contributed by atoms with Gasteiger partial charge in [-0.1, -0.05) is 24.3 Å². The van der Waals surface area contributed by atoms with E-state index in [2.05, 4.69) is 4.98 Å². The van der Waals surface area contributed by atoms with Gasteiger partial charge in [0, 0.05) is 18.4 Å². The van der Waals surface area contributed by atoms with Gasteiger partial charge in [-0.15, -0.1) is 0 Å². The lowest BCUT2D eigenvalue weighted by Crippen LogP contribution is -2.50. The Kier molecular flexibility index (Phi) is 5.81. The minimum Gasteiger partial charge on any atom is -0.466 e. The highest BCUT2D eigenvalue weighted by Gasteiger charge is 2.44. The van der Waals surface area contributed by atoms with Crippen LogP contribution in [0.5, 0.6) is 0 Å². The van der Waals surface area contributed by atoms with E-state index in [1.54, 1.807) is 0 Å². The summed E-state index contributed by atoms with van der Waals surface area (Å²) in [5.74, 6) is -0.201. The second kappa shape index (κ2) is 8.49. The minimum absolute atomic E-state index is 0.0339. The highest BCUT2D eigenvalue weighted by molar-refractivity contribution is 5.95. The van der Waals surface area contributed by atoms with Crippen molar-refractivity contribution in [3.63, 3.8) is 0 Å². The number of fused-ring (bicyclic) bond motifs is 1. The lowest BCUT2D eigenvalue weighted by molar-refractivity contribution is -0.144. The number of amides is 1. The van der Waals surface area contributed by atoms with Gasteiger partial charge in [0.15, 0.2) is 0 Å². The number of hydrogen-bond acceptors (Lipinski definition) is 5. The van der Waals surface area contributed by atoms with E-state index in [0.29, 0.717) is 31.7 Å². The highest BCUT2D eigenvalue weighted by atomic mass is 16.5. The summed E-state index contributed by atoms with van der Waals surface area (Å²) >= 11 is 0. The fraction of sp³-hybridized carbons (Fsp3) is 0.522. The molecule has 0 aliphatic carbocycles. The van der Waals surface area contributed by atoms with Crippen molar-refractivity contribution in [2.45, 2.75) is 57.2 Å². The number of carbonyl (C=O) groups is 2. The van der Waals surface area contributed by atoms with Crippen molar-refractivity contribution in [2.75, 3.05) is 19.7 Å². The predicted molar refractivity (Wildman–Crippen MR) is 110 cm³/mol. The smallest absolute Gasteiger partial charge is 0.305 e. The number of benzene rings is 1. The molecule has 3 heterocycles. The number of rotatable bonds is 5. The molecule has 1 aromatic carbocycles. The van der Waals surface area contributed by atoms with E-state index in [9.17, 15) is 9.59 Å². The number of para-hydroxylation sites is 1. The lowest BCUT2D eigenvalue weighted by Gasteiger charge is -2.40. The van der Waals surface area contributed by atoms with Crippen molar-refractivity contribution in [3.8, 4) is 0 Å². The second-order valence-electron chi connectivity index (χ2n) is 8.02. The Hall–Kier alpha value is -2.47. The van der Waals surface area contributed by atoms with Crippen LogP contribution in [0.2, 0.25) is 0 Å². The lowest BCUT2D eigenvalue weighted by atomic mass is 9.89. The number of aromatic nitrogens is 1. The van der Waals surface area contributed by atoms with Crippen LogP contribution in [0.15, 0.2) is 36.4 Å². The van der Waals surface area contributed by atoms with Gasteiger partial charge in [-0.25, -0.2) is 4.98 Å². The Labute approximate surface area is 171 Å². The Morgan fingerprint density at radius 1 is 1.24 bits per heavy atom. The number of likely N-dealkylation sites (tertiary alicyclic amines) is 1. The molecule has 2 atom stereocenters. The van der Waals surface area contributed by atoms with E-state index in [1.807, 2.05) is 48.2 Å². The molecular weight excluding hydrogens is 368 g/mol. The number of ether oxygens (including phenoxy) is 2. The third kappa shape index (κ3) is 4.42. The van der Waals surface area contributed by atoms with Crippen molar-refractivity contribution in [2.24, 2.45) is 0 Å². The first kappa shape index (κ1) is 19.8. The normalized spacial score (nSPS) is 24.2. The topological polar surface area (TPSA) is 68.7 Å². The van der Waals surface area contributed by atoms with Crippen LogP contribution in [0.25, 0.3) is 10.9 Å². The van der Waals surface area contributed by atoms with Crippen LogP contribution in [0.1, 0.15) is 55.9 Å². The molecule has 1 spiro atoms. The Balaban J connectivity index is 1.40. The summed E-state index contributed by atoms with van der Waals surface area (Å²) in [5, 5.41) is 1.03. The van der Waals surface area contributed by atoms with Crippen molar-refractivity contribution in [1.82, 2.24) is 9.88 Å². The van der Waals surface area contributed by atoms with Crippen molar-refractivity contribution >= 4 is 22.8 Å². The van der Waals surface area contributed by atoms with Crippen LogP contribution in [-0.4, -0.2) is 53.2 Å². The van der Waals surface area contributed by atoms with Gasteiger partial charge in [-0.05, 0) is 51.2 Å². The average molecular weight is 396 g/mol. The molecule has 2 aromatic rings. The van der Waals surface area contributed by atoms with Crippen LogP contribution < -0.4 is 0 Å². The molecule has 2 aliphatic rings. The molecule has 0 bridgehead atoms. The summed E-state index contributed by atoms with van der Waals surface area (Å²) in [5.41, 5.74) is 1.03. The first-order chi connectivity index (χ1) is 14.1. The molecule has 1 aromatic heterocycles. The molecule has 1 amide bonds. The molecule has 0 saturated carbocycles. The molecule has 6 nitrogen and oxygen atoms in total. The zero-order valence-electron chi connectivity index (χ0n) is 16.9. The zero-order chi connectivity index (χ0) is 20.3. The molecule has 2 fully saturated rings. The van der Waals surface area contributed by atoms with Crippen molar-refractivity contribution in [1.29, 1.82) is 0 Å². The maximum Gasteiger partial charge on any atom is 0.305 e. The molecule has 0 unspecified atom stereocenters. The quantitative estimate of drug-likeness (QED) is 0.721. The van der Waals surface area contributed by atoms with Gasteiger partial charge in [0.05, 0.1) is 30.4 Å². The van der Waals surface area contributed by atoms with E-state index >= 15 is 0 Å². The zero-order valence-corrected chi connectivity index (χ0v) is 16.9.